The maximum absolute atomic E-state index is 12.3. The first-order valence-corrected chi connectivity index (χ1v) is 7.96. The summed E-state index contributed by atoms with van der Waals surface area (Å²) in [6.45, 7) is 0.246. The summed E-state index contributed by atoms with van der Waals surface area (Å²) in [5, 5.41) is 6.71. The summed E-state index contributed by atoms with van der Waals surface area (Å²) >= 11 is 0. The molecule has 0 aliphatic rings. The Labute approximate surface area is 149 Å². The molecule has 2 rings (SSSR count). The smallest absolute Gasteiger partial charge is 0.406 e. The van der Waals surface area contributed by atoms with Crippen LogP contribution in [0.2, 0.25) is 0 Å². The lowest BCUT2D eigenvalue weighted by Gasteiger charge is -2.20. The zero-order valence-electron chi connectivity index (χ0n) is 14.7. The number of alkyl halides is 3. The standard InChI is InChI=1S/C17H21F3N4O2/c1-11(14-8-12-6-4-5-7-13(12)26-14)23-16(21-2)22-9-15(25)24(3)10-17(18,19)20/h4-8,11H,9-10H2,1-3H3,(H2,21,22,23). The SMILES string of the molecule is CN=C(NCC(=O)N(C)CC(F)(F)F)NC(C)c1cc2ccccc2o1. The van der Waals surface area contributed by atoms with Crippen molar-refractivity contribution >= 4 is 22.8 Å². The minimum Gasteiger partial charge on any atom is -0.459 e. The number of amides is 1. The summed E-state index contributed by atoms with van der Waals surface area (Å²) < 4.78 is 42.7. The van der Waals surface area contributed by atoms with E-state index in [1.807, 2.05) is 37.3 Å². The quantitative estimate of drug-likeness (QED) is 0.627. The van der Waals surface area contributed by atoms with Gasteiger partial charge in [-0.3, -0.25) is 9.79 Å². The number of para-hydroxylation sites is 1. The first-order chi connectivity index (χ1) is 12.2. The van der Waals surface area contributed by atoms with Gasteiger partial charge in [-0.1, -0.05) is 18.2 Å². The molecule has 0 saturated carbocycles. The number of aliphatic imine (C=N–C) groups is 1. The van der Waals surface area contributed by atoms with Gasteiger partial charge in [0.25, 0.3) is 0 Å². The van der Waals surface area contributed by atoms with Gasteiger partial charge in [0, 0.05) is 19.5 Å². The van der Waals surface area contributed by atoms with Crippen molar-refractivity contribution in [3.63, 3.8) is 0 Å². The number of benzene rings is 1. The highest BCUT2D eigenvalue weighted by atomic mass is 19.4. The number of guanidine groups is 1. The molecule has 1 amide bonds. The highest BCUT2D eigenvalue weighted by Crippen LogP contribution is 2.23. The minimum absolute atomic E-state index is 0.253. The number of hydrogen-bond acceptors (Lipinski definition) is 3. The van der Waals surface area contributed by atoms with Crippen LogP contribution >= 0.6 is 0 Å². The van der Waals surface area contributed by atoms with E-state index in [4.69, 9.17) is 4.42 Å². The number of fused-ring (bicyclic) bond motifs is 1. The number of hydrogen-bond donors (Lipinski definition) is 2. The van der Waals surface area contributed by atoms with Crippen molar-refractivity contribution in [2.24, 2.45) is 4.99 Å². The second-order valence-electron chi connectivity index (χ2n) is 5.84. The molecule has 1 heterocycles. The van der Waals surface area contributed by atoms with E-state index < -0.39 is 18.6 Å². The van der Waals surface area contributed by atoms with Gasteiger partial charge in [0.15, 0.2) is 5.96 Å². The maximum Gasteiger partial charge on any atom is 0.406 e. The third-order valence-electron chi connectivity index (χ3n) is 3.70. The number of carbonyl (C=O) groups excluding carboxylic acids is 1. The molecule has 9 heteroatoms. The highest BCUT2D eigenvalue weighted by molar-refractivity contribution is 5.86. The van der Waals surface area contributed by atoms with Crippen LogP contribution in [0.25, 0.3) is 11.0 Å². The molecule has 0 aliphatic carbocycles. The fourth-order valence-corrected chi connectivity index (χ4v) is 2.34. The van der Waals surface area contributed by atoms with E-state index in [0.717, 1.165) is 18.0 Å². The van der Waals surface area contributed by atoms with Gasteiger partial charge in [-0.25, -0.2) is 0 Å². The summed E-state index contributed by atoms with van der Waals surface area (Å²) in [6.07, 6.45) is -4.43. The van der Waals surface area contributed by atoms with Crippen LogP contribution < -0.4 is 10.6 Å². The lowest BCUT2D eigenvalue weighted by atomic mass is 10.2. The van der Waals surface area contributed by atoms with Gasteiger partial charge in [-0.05, 0) is 19.1 Å². The third-order valence-corrected chi connectivity index (χ3v) is 3.70. The van der Waals surface area contributed by atoms with Crippen LogP contribution in [-0.4, -0.2) is 50.1 Å². The highest BCUT2D eigenvalue weighted by Gasteiger charge is 2.31. The predicted molar refractivity (Wildman–Crippen MR) is 92.8 cm³/mol. The maximum atomic E-state index is 12.3. The first kappa shape index (κ1) is 19.6. The predicted octanol–water partition coefficient (Wildman–Crippen LogP) is 2.68. The molecule has 0 saturated heterocycles. The number of nitrogens with zero attached hydrogens (tertiary/aromatic N) is 2. The fourth-order valence-electron chi connectivity index (χ4n) is 2.34. The van der Waals surface area contributed by atoms with E-state index in [9.17, 15) is 18.0 Å². The molecule has 0 radical (unpaired) electrons. The van der Waals surface area contributed by atoms with Crippen LogP contribution in [0, 0.1) is 0 Å². The Morgan fingerprint density at radius 2 is 2.04 bits per heavy atom. The lowest BCUT2D eigenvalue weighted by molar-refractivity contribution is -0.157. The molecule has 0 fully saturated rings. The van der Waals surface area contributed by atoms with E-state index in [2.05, 4.69) is 15.6 Å². The molecule has 142 valence electrons. The van der Waals surface area contributed by atoms with Gasteiger partial charge >= 0.3 is 6.18 Å². The van der Waals surface area contributed by atoms with Crippen molar-refractivity contribution < 1.29 is 22.4 Å². The zero-order valence-corrected chi connectivity index (χ0v) is 14.7. The number of likely N-dealkylation sites (N-methyl/N-ethyl adjacent to an activating group) is 1. The molecule has 1 aromatic carbocycles. The average Bonchev–Trinajstić information content (AvgIpc) is 3.00. The normalized spacial score (nSPS) is 13.5. The van der Waals surface area contributed by atoms with Gasteiger partial charge in [0.1, 0.15) is 17.9 Å². The molecule has 6 nitrogen and oxygen atoms in total. The molecule has 0 bridgehead atoms. The third kappa shape index (κ3) is 5.40. The van der Waals surface area contributed by atoms with Crippen LogP contribution in [-0.2, 0) is 4.79 Å². The molecule has 0 aliphatic heterocycles. The Morgan fingerprint density at radius 3 is 2.65 bits per heavy atom. The van der Waals surface area contributed by atoms with E-state index in [0.29, 0.717) is 10.7 Å². The van der Waals surface area contributed by atoms with Crippen LogP contribution in [0.4, 0.5) is 13.2 Å². The molecular weight excluding hydrogens is 349 g/mol. The summed E-state index contributed by atoms with van der Waals surface area (Å²) in [5.74, 6) is 0.267. The molecule has 2 aromatic rings. The largest absolute Gasteiger partial charge is 0.459 e. The number of furan rings is 1. The van der Waals surface area contributed by atoms with E-state index in [1.165, 1.54) is 7.05 Å². The second-order valence-corrected chi connectivity index (χ2v) is 5.84. The Hall–Kier alpha value is -2.71. The molecule has 26 heavy (non-hydrogen) atoms. The van der Waals surface area contributed by atoms with Crippen LogP contribution in [0.5, 0.6) is 0 Å². The van der Waals surface area contributed by atoms with E-state index in [1.54, 1.807) is 0 Å². The van der Waals surface area contributed by atoms with E-state index in [-0.39, 0.29) is 18.5 Å². The minimum atomic E-state index is -4.43. The second kappa shape index (κ2) is 8.11. The molecule has 0 spiro atoms. The van der Waals surface area contributed by atoms with Crippen molar-refractivity contribution in [3.8, 4) is 0 Å². The molecule has 1 aromatic heterocycles. The Kier molecular flexibility index (Phi) is 6.12. The van der Waals surface area contributed by atoms with Crippen molar-refractivity contribution in [2.75, 3.05) is 27.2 Å². The van der Waals surface area contributed by atoms with Gasteiger partial charge in [-0.15, -0.1) is 0 Å². The topological polar surface area (TPSA) is 69.9 Å². The summed E-state index contributed by atoms with van der Waals surface area (Å²) in [4.78, 5) is 16.4. The van der Waals surface area contributed by atoms with Crippen LogP contribution in [0.1, 0.15) is 18.7 Å². The van der Waals surface area contributed by atoms with Crippen molar-refractivity contribution in [3.05, 3.63) is 36.1 Å². The van der Waals surface area contributed by atoms with Gasteiger partial charge in [0.05, 0.1) is 12.6 Å². The van der Waals surface area contributed by atoms with Crippen LogP contribution in [0.15, 0.2) is 39.7 Å². The number of rotatable bonds is 5. The Balaban J connectivity index is 1.91. The zero-order chi connectivity index (χ0) is 19.3. The average molecular weight is 370 g/mol. The van der Waals surface area contributed by atoms with Crippen molar-refractivity contribution in [2.45, 2.75) is 19.1 Å². The summed E-state index contributed by atoms with van der Waals surface area (Å²) in [5.41, 5.74) is 0.753. The number of halogens is 3. The fraction of sp³-hybridized carbons (Fsp3) is 0.412. The summed E-state index contributed by atoms with van der Waals surface area (Å²) in [7, 11) is 2.61. The van der Waals surface area contributed by atoms with Gasteiger partial charge in [-0.2, -0.15) is 13.2 Å². The van der Waals surface area contributed by atoms with Gasteiger partial charge < -0.3 is 20.0 Å². The van der Waals surface area contributed by atoms with E-state index >= 15 is 0 Å². The molecule has 2 N–H and O–H groups in total. The number of nitrogens with one attached hydrogen (secondary N) is 2. The Bertz CT molecular complexity index is 753. The monoisotopic (exact) mass is 370 g/mol. The number of carbonyl (C=O) groups is 1. The van der Waals surface area contributed by atoms with Crippen LogP contribution in [0.3, 0.4) is 0 Å². The molecule has 1 unspecified atom stereocenters. The van der Waals surface area contributed by atoms with Crippen molar-refractivity contribution in [1.29, 1.82) is 0 Å². The van der Waals surface area contributed by atoms with Crippen molar-refractivity contribution in [1.82, 2.24) is 15.5 Å². The first-order valence-electron chi connectivity index (χ1n) is 7.96. The molecular formula is C17H21F3N4O2. The summed E-state index contributed by atoms with van der Waals surface area (Å²) in [6, 6.07) is 9.20. The lowest BCUT2D eigenvalue weighted by Crippen LogP contribution is -2.46. The Morgan fingerprint density at radius 1 is 1.35 bits per heavy atom. The van der Waals surface area contributed by atoms with Gasteiger partial charge in [0.2, 0.25) is 5.91 Å². The molecule has 1 atom stereocenters.